The molecular weight excluding hydrogens is 436 g/mol. The van der Waals surface area contributed by atoms with Gasteiger partial charge in [-0.25, -0.2) is 4.79 Å². The number of benzene rings is 1. The van der Waals surface area contributed by atoms with Gasteiger partial charge in [0.25, 0.3) is 16.0 Å². The van der Waals surface area contributed by atoms with Crippen molar-refractivity contribution in [1.29, 1.82) is 0 Å². The Hall–Kier alpha value is -2.28. The minimum Gasteiger partial charge on any atom is -0.508 e. The van der Waals surface area contributed by atoms with Gasteiger partial charge >= 0.3 is 5.97 Å². The van der Waals surface area contributed by atoms with E-state index in [1.807, 2.05) is 0 Å². The second-order valence-corrected chi connectivity index (χ2v) is 9.00. The number of β-lactam (4-membered cyclic amide) rings is 1. The number of carboxylic acid groups (broad SMARTS) is 1. The van der Waals surface area contributed by atoms with E-state index < -0.39 is 44.6 Å². The fraction of sp³-hybridized carbons (Fsp3) is 0.267. The largest absolute Gasteiger partial charge is 0.508 e. The Bertz CT molecular complexity index is 992. The molecule has 150 valence electrons. The summed E-state index contributed by atoms with van der Waals surface area (Å²) >= 11 is 6.96. The van der Waals surface area contributed by atoms with Crippen molar-refractivity contribution in [1.82, 2.24) is 10.2 Å². The molecule has 2 heterocycles. The number of carboxylic acids is 1. The van der Waals surface area contributed by atoms with E-state index in [1.165, 1.54) is 0 Å². The Balaban J connectivity index is 1.83. The Labute approximate surface area is 167 Å². The van der Waals surface area contributed by atoms with Gasteiger partial charge in [0.05, 0.1) is 5.03 Å². The van der Waals surface area contributed by atoms with Gasteiger partial charge in [-0.15, -0.1) is 11.8 Å². The van der Waals surface area contributed by atoms with E-state index in [0.717, 1.165) is 40.9 Å². The van der Waals surface area contributed by atoms with Gasteiger partial charge in [-0.3, -0.25) is 19.0 Å². The number of halogens is 1. The van der Waals surface area contributed by atoms with Crippen LogP contribution in [0, 0.1) is 0 Å². The number of fused-ring (bicyclic) bond motifs is 1. The summed E-state index contributed by atoms with van der Waals surface area (Å²) in [5.41, 5.74) is -0.502. The second-order valence-electron chi connectivity index (χ2n) is 5.94. The van der Waals surface area contributed by atoms with Gasteiger partial charge in [-0.1, -0.05) is 23.7 Å². The SMILES string of the molecule is O=C(O)C1=C(Cl)CS[C@@H]2C(NC(=O)C(c3ccc(O)cc3)S(=O)(=O)O)C(=O)N12. The monoisotopic (exact) mass is 448 g/mol. The van der Waals surface area contributed by atoms with Crippen LogP contribution in [0.2, 0.25) is 0 Å². The van der Waals surface area contributed by atoms with E-state index in [1.54, 1.807) is 0 Å². The van der Waals surface area contributed by atoms with Crippen molar-refractivity contribution in [2.45, 2.75) is 16.7 Å². The number of amides is 2. The highest BCUT2D eigenvalue weighted by Crippen LogP contribution is 2.41. The third kappa shape index (κ3) is 3.55. The highest BCUT2D eigenvalue weighted by atomic mass is 35.5. The number of aliphatic carboxylic acids is 1. The van der Waals surface area contributed by atoms with Crippen LogP contribution in [0.15, 0.2) is 35.0 Å². The standard InChI is InChI=1S/C15H13ClN2O8S2/c16-8-5-27-14-9(13(21)18(14)10(8)15(22)23)17-12(20)11(28(24,25)26)6-1-3-7(19)4-2-6/h1-4,9,11,14,19H,5H2,(H,17,20)(H,22,23)(H,24,25,26)/t9?,11?,14-/m1/s1. The van der Waals surface area contributed by atoms with E-state index in [-0.39, 0.29) is 27.8 Å². The minimum absolute atomic E-state index is 0.0215. The molecule has 3 atom stereocenters. The first-order valence-corrected chi connectivity index (χ1v) is 10.6. The molecule has 2 aliphatic rings. The van der Waals surface area contributed by atoms with Gasteiger partial charge in [0.15, 0.2) is 5.25 Å². The number of nitrogens with zero attached hydrogens (tertiary/aromatic N) is 1. The average Bonchev–Trinajstić information content (AvgIpc) is 2.60. The number of carbonyl (C=O) groups is 3. The summed E-state index contributed by atoms with van der Waals surface area (Å²) in [6.45, 7) is 0. The van der Waals surface area contributed by atoms with Gasteiger partial charge < -0.3 is 15.5 Å². The minimum atomic E-state index is -4.89. The van der Waals surface area contributed by atoms with Crippen LogP contribution >= 0.6 is 23.4 Å². The lowest BCUT2D eigenvalue weighted by Crippen LogP contribution is -2.70. The van der Waals surface area contributed by atoms with E-state index in [4.69, 9.17) is 11.6 Å². The molecule has 2 amide bonds. The van der Waals surface area contributed by atoms with Crippen molar-refractivity contribution in [3.63, 3.8) is 0 Å². The van der Waals surface area contributed by atoms with Crippen LogP contribution in [0.5, 0.6) is 5.75 Å². The first-order valence-electron chi connectivity index (χ1n) is 7.64. The zero-order chi connectivity index (χ0) is 20.8. The lowest BCUT2D eigenvalue weighted by atomic mass is 10.0. The molecule has 28 heavy (non-hydrogen) atoms. The molecular formula is C15H13ClN2O8S2. The number of phenols is 1. The number of aromatic hydroxyl groups is 1. The lowest BCUT2D eigenvalue weighted by Gasteiger charge is -2.48. The number of hydrogen-bond acceptors (Lipinski definition) is 7. The maximum absolute atomic E-state index is 12.5. The smallest absolute Gasteiger partial charge is 0.353 e. The molecule has 3 rings (SSSR count). The normalized spacial score (nSPS) is 22.9. The molecule has 4 N–H and O–H groups in total. The van der Waals surface area contributed by atoms with Gasteiger partial charge in [0.1, 0.15) is 22.9 Å². The topological polar surface area (TPSA) is 161 Å². The van der Waals surface area contributed by atoms with Crippen LogP contribution < -0.4 is 5.32 Å². The number of hydrogen-bond donors (Lipinski definition) is 4. The predicted octanol–water partition coefficient (Wildman–Crippen LogP) is 0.256. The molecule has 1 aromatic rings. The zero-order valence-corrected chi connectivity index (χ0v) is 16.2. The molecule has 0 spiro atoms. The van der Waals surface area contributed by atoms with Crippen LogP contribution in [-0.4, -0.2) is 63.0 Å². The molecule has 1 fully saturated rings. The summed E-state index contributed by atoms with van der Waals surface area (Å²) in [6, 6.07) is 3.38. The molecule has 0 radical (unpaired) electrons. The highest BCUT2D eigenvalue weighted by molar-refractivity contribution is 8.00. The lowest BCUT2D eigenvalue weighted by molar-refractivity contribution is -0.150. The summed E-state index contributed by atoms with van der Waals surface area (Å²) in [4.78, 5) is 37.1. The second kappa shape index (κ2) is 7.28. The van der Waals surface area contributed by atoms with Crippen LogP contribution in [0.4, 0.5) is 0 Å². The number of thioether (sulfide) groups is 1. The average molecular weight is 449 g/mol. The highest BCUT2D eigenvalue weighted by Gasteiger charge is 2.55. The van der Waals surface area contributed by atoms with Crippen molar-refractivity contribution >= 4 is 51.3 Å². The van der Waals surface area contributed by atoms with Gasteiger partial charge in [-0.05, 0) is 17.7 Å². The first kappa shape index (κ1) is 20.5. The third-order valence-electron chi connectivity index (χ3n) is 4.15. The van der Waals surface area contributed by atoms with Gasteiger partial charge in [0.2, 0.25) is 5.91 Å². The molecule has 1 aromatic carbocycles. The Kier molecular flexibility index (Phi) is 5.32. The maximum Gasteiger partial charge on any atom is 0.353 e. The zero-order valence-electron chi connectivity index (χ0n) is 13.8. The molecule has 0 aromatic heterocycles. The van der Waals surface area contributed by atoms with Crippen molar-refractivity contribution in [2.75, 3.05) is 5.75 Å². The summed E-state index contributed by atoms with van der Waals surface area (Å²) in [6.07, 6.45) is 0. The number of carbonyl (C=O) groups excluding carboxylic acids is 2. The molecule has 2 unspecified atom stereocenters. The van der Waals surface area contributed by atoms with E-state index in [0.29, 0.717) is 0 Å². The molecule has 1 saturated heterocycles. The third-order valence-corrected chi connectivity index (χ3v) is 6.99. The summed E-state index contributed by atoms with van der Waals surface area (Å²) in [7, 11) is -4.89. The van der Waals surface area contributed by atoms with Crippen LogP contribution in [0.1, 0.15) is 10.8 Å². The van der Waals surface area contributed by atoms with Crippen LogP contribution in [0.3, 0.4) is 0 Å². The van der Waals surface area contributed by atoms with Crippen LogP contribution in [-0.2, 0) is 24.5 Å². The van der Waals surface area contributed by atoms with Crippen molar-refractivity contribution in [3.8, 4) is 5.75 Å². The predicted molar refractivity (Wildman–Crippen MR) is 97.9 cm³/mol. The quantitative estimate of drug-likeness (QED) is 0.365. The summed E-state index contributed by atoms with van der Waals surface area (Å²) in [5.74, 6) is -3.39. The van der Waals surface area contributed by atoms with Gasteiger partial charge in [0, 0.05) is 5.75 Å². The van der Waals surface area contributed by atoms with E-state index >= 15 is 0 Å². The fourth-order valence-electron chi connectivity index (χ4n) is 2.92. The van der Waals surface area contributed by atoms with E-state index in [2.05, 4.69) is 5.32 Å². The number of phenolic OH excluding ortho intramolecular Hbond substituents is 1. The van der Waals surface area contributed by atoms with Crippen LogP contribution in [0.25, 0.3) is 0 Å². The molecule has 0 saturated carbocycles. The number of nitrogens with one attached hydrogen (secondary N) is 1. The van der Waals surface area contributed by atoms with Crippen molar-refractivity contribution in [2.24, 2.45) is 0 Å². The summed E-state index contributed by atoms with van der Waals surface area (Å²) in [5, 5.41) is 17.9. The molecule has 0 aliphatic carbocycles. The van der Waals surface area contributed by atoms with Crippen molar-refractivity contribution < 1.29 is 37.6 Å². The molecule has 13 heteroatoms. The Morgan fingerprint density at radius 1 is 1.29 bits per heavy atom. The first-order chi connectivity index (χ1) is 13.0. The van der Waals surface area contributed by atoms with Gasteiger partial charge in [-0.2, -0.15) is 8.42 Å². The van der Waals surface area contributed by atoms with Crippen molar-refractivity contribution in [3.05, 3.63) is 40.6 Å². The maximum atomic E-state index is 12.5. The Morgan fingerprint density at radius 3 is 2.43 bits per heavy atom. The summed E-state index contributed by atoms with van der Waals surface area (Å²) < 4.78 is 32.9. The molecule has 0 bridgehead atoms. The fourth-order valence-corrected chi connectivity index (χ4v) is 5.31. The molecule has 10 nitrogen and oxygen atoms in total. The Morgan fingerprint density at radius 2 is 1.89 bits per heavy atom. The number of rotatable bonds is 5. The molecule has 2 aliphatic heterocycles. The van der Waals surface area contributed by atoms with E-state index in [9.17, 15) is 37.6 Å².